The zero-order chi connectivity index (χ0) is 17.9. The first-order valence-electron chi connectivity index (χ1n) is 7.72. The Labute approximate surface area is 140 Å². The number of carbonyl (C=O) groups excluding carboxylic acids is 3. The molecule has 0 radical (unpaired) electrons. The zero-order valence-corrected chi connectivity index (χ0v) is 14.3. The molecule has 0 aromatic heterocycles. The molecule has 0 aliphatic carbocycles. The monoisotopic (exact) mass is 334 g/mol. The van der Waals surface area contributed by atoms with Crippen LogP contribution in [0.5, 0.6) is 5.75 Å². The van der Waals surface area contributed by atoms with Crippen molar-refractivity contribution in [3.8, 4) is 5.75 Å². The van der Waals surface area contributed by atoms with E-state index < -0.39 is 11.7 Å². The Morgan fingerprint density at radius 1 is 1.33 bits per heavy atom. The highest BCUT2D eigenvalue weighted by molar-refractivity contribution is 5.99. The van der Waals surface area contributed by atoms with E-state index in [1.807, 2.05) is 0 Å². The third-order valence-electron chi connectivity index (χ3n) is 3.23. The molecule has 1 aliphatic rings. The van der Waals surface area contributed by atoms with Gasteiger partial charge in [-0.15, -0.1) is 0 Å². The lowest BCUT2D eigenvalue weighted by Gasteiger charge is -2.29. The van der Waals surface area contributed by atoms with Crippen LogP contribution in [0.25, 0.3) is 0 Å². The predicted molar refractivity (Wildman–Crippen MR) is 89.4 cm³/mol. The summed E-state index contributed by atoms with van der Waals surface area (Å²) < 4.78 is 10.6. The van der Waals surface area contributed by atoms with Crippen LogP contribution in [0.15, 0.2) is 18.2 Å². The number of amides is 2. The van der Waals surface area contributed by atoms with Gasteiger partial charge in [0.2, 0.25) is 0 Å². The Hall–Kier alpha value is -2.57. The maximum absolute atomic E-state index is 12.1. The minimum atomic E-state index is -0.606. The average molecular weight is 334 g/mol. The van der Waals surface area contributed by atoms with E-state index >= 15 is 0 Å². The van der Waals surface area contributed by atoms with Crippen LogP contribution in [0.4, 0.5) is 16.2 Å². The fraction of sp³-hybridized carbons (Fsp3) is 0.471. The molecule has 1 aliphatic heterocycles. The van der Waals surface area contributed by atoms with E-state index in [0.717, 1.165) is 0 Å². The van der Waals surface area contributed by atoms with Gasteiger partial charge in [0.15, 0.2) is 6.61 Å². The SMILES string of the molecule is CC(=O)CCN1C(=O)COc2ccc(NC(=O)OC(C)(C)C)cc21. The Morgan fingerprint density at radius 3 is 2.67 bits per heavy atom. The number of Topliss-reactive ketones (excluding diaryl/α,β-unsaturated/α-hetero) is 1. The lowest BCUT2D eigenvalue weighted by molar-refractivity contribution is -0.121. The molecule has 0 spiro atoms. The number of rotatable bonds is 4. The van der Waals surface area contributed by atoms with Gasteiger partial charge < -0.3 is 14.4 Å². The standard InChI is InChI=1S/C17H22N2O5/c1-11(20)7-8-19-13-9-12(18-16(22)24-17(2,3)4)5-6-14(13)23-10-15(19)21/h5-6,9H,7-8,10H2,1-4H3,(H,18,22). The highest BCUT2D eigenvalue weighted by atomic mass is 16.6. The van der Waals surface area contributed by atoms with Crippen molar-refractivity contribution in [3.05, 3.63) is 18.2 Å². The van der Waals surface area contributed by atoms with Gasteiger partial charge in [0.1, 0.15) is 17.1 Å². The summed E-state index contributed by atoms with van der Waals surface area (Å²) in [5.41, 5.74) is 0.403. The van der Waals surface area contributed by atoms with Crippen molar-refractivity contribution in [2.45, 2.75) is 39.7 Å². The maximum atomic E-state index is 12.1. The summed E-state index contributed by atoms with van der Waals surface area (Å²) in [6.07, 6.45) is -0.324. The van der Waals surface area contributed by atoms with Gasteiger partial charge >= 0.3 is 6.09 Å². The molecule has 2 amide bonds. The molecule has 0 saturated heterocycles. The number of hydrogen-bond acceptors (Lipinski definition) is 5. The van der Waals surface area contributed by atoms with E-state index in [0.29, 0.717) is 17.1 Å². The van der Waals surface area contributed by atoms with E-state index in [1.165, 1.54) is 11.8 Å². The first kappa shape index (κ1) is 17.8. The van der Waals surface area contributed by atoms with E-state index in [4.69, 9.17) is 9.47 Å². The molecular weight excluding hydrogens is 312 g/mol. The first-order valence-corrected chi connectivity index (χ1v) is 7.72. The van der Waals surface area contributed by atoms with Gasteiger partial charge in [-0.2, -0.15) is 0 Å². The number of nitrogens with zero attached hydrogens (tertiary/aromatic N) is 1. The fourth-order valence-electron chi connectivity index (χ4n) is 2.22. The molecule has 1 heterocycles. The topological polar surface area (TPSA) is 84.9 Å². The van der Waals surface area contributed by atoms with Gasteiger partial charge in [0.05, 0.1) is 5.69 Å². The zero-order valence-electron chi connectivity index (χ0n) is 14.3. The molecule has 7 nitrogen and oxygen atoms in total. The van der Waals surface area contributed by atoms with Crippen molar-refractivity contribution in [1.29, 1.82) is 0 Å². The normalized spacial score (nSPS) is 13.8. The quantitative estimate of drug-likeness (QED) is 0.915. The molecule has 24 heavy (non-hydrogen) atoms. The molecule has 1 N–H and O–H groups in total. The Bertz CT molecular complexity index is 663. The molecule has 0 atom stereocenters. The summed E-state index contributed by atoms with van der Waals surface area (Å²) in [7, 11) is 0. The molecule has 0 saturated carbocycles. The summed E-state index contributed by atoms with van der Waals surface area (Å²) in [6.45, 7) is 7.01. The third kappa shape index (κ3) is 4.71. The maximum Gasteiger partial charge on any atom is 0.412 e. The number of anilines is 2. The van der Waals surface area contributed by atoms with E-state index in [9.17, 15) is 14.4 Å². The van der Waals surface area contributed by atoms with Crippen molar-refractivity contribution >= 4 is 29.2 Å². The van der Waals surface area contributed by atoms with Crippen molar-refractivity contribution < 1.29 is 23.9 Å². The van der Waals surface area contributed by atoms with Crippen LogP contribution in [0.3, 0.4) is 0 Å². The third-order valence-corrected chi connectivity index (χ3v) is 3.23. The Balaban J connectivity index is 2.19. The average Bonchev–Trinajstić information content (AvgIpc) is 2.43. The van der Waals surface area contributed by atoms with Crippen molar-refractivity contribution in [2.24, 2.45) is 0 Å². The van der Waals surface area contributed by atoms with Crippen LogP contribution >= 0.6 is 0 Å². The molecule has 0 unspecified atom stereocenters. The second kappa shape index (κ2) is 6.90. The summed E-state index contributed by atoms with van der Waals surface area (Å²) in [6, 6.07) is 4.98. The van der Waals surface area contributed by atoms with Crippen LogP contribution in [0.2, 0.25) is 0 Å². The summed E-state index contributed by atoms with van der Waals surface area (Å²) in [5.74, 6) is 0.310. The number of fused-ring (bicyclic) bond motifs is 1. The lowest BCUT2D eigenvalue weighted by atomic mass is 10.2. The van der Waals surface area contributed by atoms with Gasteiger partial charge in [-0.05, 0) is 45.9 Å². The summed E-state index contributed by atoms with van der Waals surface area (Å²) >= 11 is 0. The van der Waals surface area contributed by atoms with E-state index in [1.54, 1.807) is 39.0 Å². The summed E-state index contributed by atoms with van der Waals surface area (Å²) in [5, 5.41) is 2.63. The largest absolute Gasteiger partial charge is 0.482 e. The number of benzene rings is 1. The Kier molecular flexibility index (Phi) is 5.11. The van der Waals surface area contributed by atoms with Crippen LogP contribution in [-0.2, 0) is 14.3 Å². The van der Waals surface area contributed by atoms with Crippen molar-refractivity contribution in [2.75, 3.05) is 23.4 Å². The fourth-order valence-corrected chi connectivity index (χ4v) is 2.22. The van der Waals surface area contributed by atoms with Crippen LogP contribution in [-0.4, -0.2) is 36.5 Å². The summed E-state index contributed by atoms with van der Waals surface area (Å²) in [4.78, 5) is 36.6. The molecule has 1 aromatic rings. The Morgan fingerprint density at radius 2 is 2.04 bits per heavy atom. The first-order chi connectivity index (χ1) is 11.2. The molecule has 2 rings (SSSR count). The van der Waals surface area contributed by atoms with Crippen LogP contribution in [0, 0.1) is 0 Å². The van der Waals surface area contributed by atoms with Crippen LogP contribution in [0.1, 0.15) is 34.1 Å². The lowest BCUT2D eigenvalue weighted by Crippen LogP contribution is -2.40. The van der Waals surface area contributed by atoms with E-state index in [-0.39, 0.29) is 31.3 Å². The molecule has 0 bridgehead atoms. The number of nitrogens with one attached hydrogen (secondary N) is 1. The second-order valence-electron chi connectivity index (χ2n) is 6.60. The molecule has 1 aromatic carbocycles. The smallest absolute Gasteiger partial charge is 0.412 e. The molecule has 7 heteroatoms. The van der Waals surface area contributed by atoms with Crippen LogP contribution < -0.4 is 15.0 Å². The minimum absolute atomic E-state index is 0.00104. The molecular formula is C17H22N2O5. The van der Waals surface area contributed by atoms with E-state index in [2.05, 4.69) is 5.32 Å². The minimum Gasteiger partial charge on any atom is -0.482 e. The predicted octanol–water partition coefficient (Wildman–Crippen LogP) is 2.74. The number of carbonyl (C=O) groups is 3. The van der Waals surface area contributed by atoms with Gasteiger partial charge in [0, 0.05) is 18.7 Å². The van der Waals surface area contributed by atoms with Gasteiger partial charge in [-0.1, -0.05) is 0 Å². The van der Waals surface area contributed by atoms with Gasteiger partial charge in [-0.25, -0.2) is 4.79 Å². The second-order valence-corrected chi connectivity index (χ2v) is 6.60. The van der Waals surface area contributed by atoms with Gasteiger partial charge in [0.25, 0.3) is 5.91 Å². The van der Waals surface area contributed by atoms with Crippen molar-refractivity contribution in [3.63, 3.8) is 0 Å². The highest BCUT2D eigenvalue weighted by Crippen LogP contribution is 2.34. The molecule has 0 fully saturated rings. The number of ketones is 1. The van der Waals surface area contributed by atoms with Gasteiger partial charge in [-0.3, -0.25) is 14.9 Å². The highest BCUT2D eigenvalue weighted by Gasteiger charge is 2.26. The number of hydrogen-bond donors (Lipinski definition) is 1. The molecule has 130 valence electrons. The number of ether oxygens (including phenoxy) is 2. The van der Waals surface area contributed by atoms with Crippen molar-refractivity contribution in [1.82, 2.24) is 0 Å².